The van der Waals surface area contributed by atoms with Crippen LogP contribution >= 0.6 is 12.2 Å². The number of nitrogens with zero attached hydrogens (tertiary/aromatic N) is 3. The van der Waals surface area contributed by atoms with Gasteiger partial charge in [-0.15, -0.1) is 0 Å². The van der Waals surface area contributed by atoms with Crippen LogP contribution < -0.4 is 15.6 Å². The van der Waals surface area contributed by atoms with E-state index in [0.717, 1.165) is 68.0 Å². The highest BCUT2D eigenvalue weighted by atomic mass is 32.1. The van der Waals surface area contributed by atoms with Crippen molar-refractivity contribution in [3.63, 3.8) is 0 Å². The number of aromatic nitrogens is 2. The normalized spacial score (nSPS) is 14.1. The van der Waals surface area contributed by atoms with E-state index in [0.29, 0.717) is 23.8 Å². The van der Waals surface area contributed by atoms with Crippen LogP contribution in [0.4, 0.5) is 0 Å². The molecule has 0 bridgehead atoms. The number of thiocarbonyl (C=S) groups is 1. The first kappa shape index (κ1) is 24.1. The molecule has 8 nitrogen and oxygen atoms in total. The summed E-state index contributed by atoms with van der Waals surface area (Å²) >= 11 is 5.75. The molecule has 0 radical (unpaired) electrons. The number of H-pyrrole nitrogens is 1. The van der Waals surface area contributed by atoms with Gasteiger partial charge in [-0.2, -0.15) is 0 Å². The maximum absolute atomic E-state index is 12.8. The lowest BCUT2D eigenvalue weighted by Crippen LogP contribution is -2.42. The van der Waals surface area contributed by atoms with Gasteiger partial charge in [-0.05, 0) is 61.1 Å². The molecule has 2 N–H and O–H groups in total. The zero-order chi connectivity index (χ0) is 23.8. The summed E-state index contributed by atoms with van der Waals surface area (Å²) in [5.41, 5.74) is 2.32. The number of nitrogens with one attached hydrogen (secondary N) is 2. The van der Waals surface area contributed by atoms with Crippen molar-refractivity contribution in [2.45, 2.75) is 19.5 Å². The fraction of sp³-hybridized carbons (Fsp3) is 0.400. The Morgan fingerprint density at radius 1 is 1.26 bits per heavy atom. The molecule has 0 saturated carbocycles. The first-order valence-corrected chi connectivity index (χ1v) is 11.9. The molecule has 0 aliphatic carbocycles. The third-order valence-corrected chi connectivity index (χ3v) is 6.31. The molecule has 0 amide bonds. The van der Waals surface area contributed by atoms with Crippen LogP contribution in [0.25, 0.3) is 10.9 Å². The van der Waals surface area contributed by atoms with Crippen LogP contribution in [-0.2, 0) is 17.8 Å². The topological polar surface area (TPSA) is 82.7 Å². The van der Waals surface area contributed by atoms with Crippen molar-refractivity contribution in [1.29, 1.82) is 0 Å². The first-order chi connectivity index (χ1) is 16.6. The van der Waals surface area contributed by atoms with Gasteiger partial charge in [0.25, 0.3) is 5.56 Å². The van der Waals surface area contributed by atoms with Gasteiger partial charge in [-0.3, -0.25) is 14.7 Å². The summed E-state index contributed by atoms with van der Waals surface area (Å²) in [6, 6.07) is 11.4. The molecular weight excluding hydrogens is 450 g/mol. The predicted molar refractivity (Wildman–Crippen MR) is 137 cm³/mol. The van der Waals surface area contributed by atoms with Crippen LogP contribution in [0.5, 0.6) is 5.75 Å². The van der Waals surface area contributed by atoms with Gasteiger partial charge in [-0.25, -0.2) is 0 Å². The van der Waals surface area contributed by atoms with E-state index in [1.54, 1.807) is 13.3 Å². The van der Waals surface area contributed by atoms with Crippen molar-refractivity contribution >= 4 is 28.2 Å². The summed E-state index contributed by atoms with van der Waals surface area (Å²) in [7, 11) is 1.63. The third-order valence-electron chi connectivity index (χ3n) is 5.90. The Morgan fingerprint density at radius 2 is 2.12 bits per heavy atom. The van der Waals surface area contributed by atoms with Gasteiger partial charge >= 0.3 is 0 Å². The quantitative estimate of drug-likeness (QED) is 0.356. The second-order valence-electron chi connectivity index (χ2n) is 8.33. The molecule has 0 spiro atoms. The van der Waals surface area contributed by atoms with E-state index >= 15 is 0 Å². The lowest BCUT2D eigenvalue weighted by molar-refractivity contribution is 0.0376. The van der Waals surface area contributed by atoms with E-state index in [4.69, 9.17) is 21.7 Å². The van der Waals surface area contributed by atoms with Gasteiger partial charge in [-0.1, -0.05) is 6.07 Å². The van der Waals surface area contributed by atoms with Gasteiger partial charge in [0, 0.05) is 55.0 Å². The van der Waals surface area contributed by atoms with Crippen LogP contribution in [0.1, 0.15) is 17.5 Å². The molecule has 0 unspecified atom stereocenters. The van der Waals surface area contributed by atoms with E-state index < -0.39 is 0 Å². The van der Waals surface area contributed by atoms with Gasteiger partial charge < -0.3 is 24.7 Å². The van der Waals surface area contributed by atoms with Gasteiger partial charge in [0.2, 0.25) is 0 Å². The number of aromatic amines is 1. The fourth-order valence-electron chi connectivity index (χ4n) is 4.03. The van der Waals surface area contributed by atoms with E-state index in [-0.39, 0.29) is 5.56 Å². The highest BCUT2D eigenvalue weighted by Crippen LogP contribution is 2.19. The summed E-state index contributed by atoms with van der Waals surface area (Å²) in [6.07, 6.45) is 4.55. The van der Waals surface area contributed by atoms with Gasteiger partial charge in [0.05, 0.1) is 26.9 Å². The highest BCUT2D eigenvalue weighted by Gasteiger charge is 2.15. The van der Waals surface area contributed by atoms with Crippen molar-refractivity contribution in [2.75, 3.05) is 46.5 Å². The predicted octanol–water partition coefficient (Wildman–Crippen LogP) is 2.53. The molecule has 1 aliphatic heterocycles. The van der Waals surface area contributed by atoms with Crippen LogP contribution in [-0.4, -0.2) is 71.4 Å². The van der Waals surface area contributed by atoms with Gasteiger partial charge in [0.15, 0.2) is 5.11 Å². The van der Waals surface area contributed by atoms with Crippen LogP contribution in [0, 0.1) is 0 Å². The van der Waals surface area contributed by atoms with Crippen LogP contribution in [0.2, 0.25) is 0 Å². The molecule has 2 aromatic heterocycles. The van der Waals surface area contributed by atoms with E-state index in [9.17, 15) is 4.79 Å². The lowest BCUT2D eigenvalue weighted by atomic mass is 10.1. The average Bonchev–Trinajstić information content (AvgIpc) is 2.87. The summed E-state index contributed by atoms with van der Waals surface area (Å²) in [6.45, 7) is 6.28. The van der Waals surface area contributed by atoms with E-state index in [1.165, 1.54) is 0 Å². The Labute approximate surface area is 204 Å². The molecular formula is C25H31N5O3S. The Balaban J connectivity index is 1.46. The maximum Gasteiger partial charge on any atom is 0.253 e. The molecule has 0 atom stereocenters. The maximum atomic E-state index is 12.8. The van der Waals surface area contributed by atoms with E-state index in [2.05, 4.69) is 20.2 Å². The molecule has 180 valence electrons. The summed E-state index contributed by atoms with van der Waals surface area (Å²) < 4.78 is 10.8. The van der Waals surface area contributed by atoms with Crippen molar-refractivity contribution in [3.8, 4) is 5.75 Å². The highest BCUT2D eigenvalue weighted by molar-refractivity contribution is 7.80. The minimum absolute atomic E-state index is 0.121. The Hall–Kier alpha value is -3.01. The number of hydrogen-bond acceptors (Lipinski definition) is 6. The Bertz CT molecular complexity index is 1150. The second kappa shape index (κ2) is 11.9. The summed E-state index contributed by atoms with van der Waals surface area (Å²) in [4.78, 5) is 24.4. The third kappa shape index (κ3) is 6.53. The molecule has 4 rings (SSSR count). The zero-order valence-corrected chi connectivity index (χ0v) is 20.3. The standard InChI is InChI=1S/C25H31N5O3S/c1-32-22-5-6-23-20(15-22)14-21(24(31)28-23)18-30(17-19-4-2-7-26-16-19)25(34)27-8-3-9-29-10-12-33-13-11-29/h2,4-7,14-16H,3,8-13,17-18H2,1H3,(H,27,34)(H,28,31). The average molecular weight is 482 g/mol. The minimum atomic E-state index is -0.121. The fourth-order valence-corrected chi connectivity index (χ4v) is 4.26. The largest absolute Gasteiger partial charge is 0.497 e. The van der Waals surface area contributed by atoms with Crippen molar-refractivity contribution in [1.82, 2.24) is 25.1 Å². The number of fused-ring (bicyclic) bond motifs is 1. The Kier molecular flexibility index (Phi) is 8.46. The Morgan fingerprint density at radius 3 is 2.88 bits per heavy atom. The number of benzene rings is 1. The smallest absolute Gasteiger partial charge is 0.253 e. The van der Waals surface area contributed by atoms with E-state index in [1.807, 2.05) is 47.5 Å². The summed E-state index contributed by atoms with van der Waals surface area (Å²) in [5, 5.41) is 4.92. The monoisotopic (exact) mass is 481 g/mol. The van der Waals surface area contributed by atoms with Crippen molar-refractivity contribution in [2.24, 2.45) is 0 Å². The zero-order valence-electron chi connectivity index (χ0n) is 19.5. The SMILES string of the molecule is COc1ccc2[nH]c(=O)c(CN(Cc3cccnc3)C(=S)NCCCN3CCOCC3)cc2c1. The first-order valence-electron chi connectivity index (χ1n) is 11.5. The summed E-state index contributed by atoms with van der Waals surface area (Å²) in [5.74, 6) is 0.746. The number of morpholine rings is 1. The van der Waals surface area contributed by atoms with Crippen molar-refractivity contribution in [3.05, 3.63) is 70.3 Å². The van der Waals surface area contributed by atoms with Gasteiger partial charge in [0.1, 0.15) is 5.75 Å². The molecule has 1 saturated heterocycles. The molecule has 1 fully saturated rings. The van der Waals surface area contributed by atoms with Crippen molar-refractivity contribution < 1.29 is 9.47 Å². The number of pyridine rings is 2. The number of ether oxygens (including phenoxy) is 2. The molecule has 9 heteroatoms. The minimum Gasteiger partial charge on any atom is -0.497 e. The molecule has 1 aliphatic rings. The second-order valence-corrected chi connectivity index (χ2v) is 8.72. The van der Waals surface area contributed by atoms with Crippen LogP contribution in [0.15, 0.2) is 53.6 Å². The number of methoxy groups -OCH3 is 1. The number of rotatable bonds is 9. The molecule has 1 aromatic carbocycles. The molecule has 34 heavy (non-hydrogen) atoms. The lowest BCUT2D eigenvalue weighted by Gasteiger charge is -2.28. The molecule has 3 aromatic rings. The van der Waals surface area contributed by atoms with Crippen LogP contribution in [0.3, 0.4) is 0 Å². The molecule has 3 heterocycles. The number of hydrogen-bond donors (Lipinski definition) is 2.